The highest BCUT2D eigenvalue weighted by atomic mass is 35.5. The molecule has 0 radical (unpaired) electrons. The molecule has 1 aromatic rings. The molecule has 0 N–H and O–H groups in total. The minimum Gasteiger partial charge on any atom is -0.283 e. The Hall–Kier alpha value is -0.130. The molecule has 0 unspecified atom stereocenters. The molecule has 0 atom stereocenters. The zero-order valence-corrected chi connectivity index (χ0v) is 11.6. The van der Waals surface area contributed by atoms with Crippen LogP contribution in [0.15, 0.2) is 9.82 Å². The molecular formula is C10H15ClN2OS2. The largest absolute Gasteiger partial charge is 0.283 e. The number of hydrogen-bond donors (Lipinski definition) is 0. The molecule has 0 saturated carbocycles. The van der Waals surface area contributed by atoms with Crippen LogP contribution in [0, 0.1) is 0 Å². The van der Waals surface area contributed by atoms with Crippen molar-refractivity contribution < 1.29 is 0 Å². The van der Waals surface area contributed by atoms with Crippen LogP contribution < -0.4 is 5.43 Å². The molecule has 0 saturated heterocycles. The SMILES string of the molecule is CCCCCCCSc1nsnc(Cl)c1=O. The lowest BCUT2D eigenvalue weighted by Crippen LogP contribution is -2.07. The highest BCUT2D eigenvalue weighted by molar-refractivity contribution is 7.99. The lowest BCUT2D eigenvalue weighted by atomic mass is 10.2. The Morgan fingerprint density at radius 3 is 2.75 bits per heavy atom. The molecule has 0 aromatic carbocycles. The van der Waals surface area contributed by atoms with Crippen LogP contribution in [-0.4, -0.2) is 14.5 Å². The normalized spacial score (nSPS) is 10.6. The second kappa shape index (κ2) is 8.03. The van der Waals surface area contributed by atoms with E-state index in [1.54, 1.807) is 0 Å². The summed E-state index contributed by atoms with van der Waals surface area (Å²) in [4.78, 5) is 11.5. The van der Waals surface area contributed by atoms with Crippen LogP contribution in [0.5, 0.6) is 0 Å². The van der Waals surface area contributed by atoms with Gasteiger partial charge < -0.3 is 0 Å². The highest BCUT2D eigenvalue weighted by Gasteiger charge is 2.06. The number of unbranched alkanes of at least 4 members (excludes halogenated alkanes) is 4. The van der Waals surface area contributed by atoms with Crippen LogP contribution in [-0.2, 0) is 0 Å². The molecule has 1 aromatic heterocycles. The maximum Gasteiger partial charge on any atom is 0.250 e. The first-order valence-corrected chi connectivity index (χ1v) is 7.50. The van der Waals surface area contributed by atoms with Gasteiger partial charge in [-0.05, 0) is 12.2 Å². The van der Waals surface area contributed by atoms with E-state index in [1.165, 1.54) is 37.4 Å². The van der Waals surface area contributed by atoms with E-state index in [0.717, 1.165) is 23.9 Å². The van der Waals surface area contributed by atoms with Gasteiger partial charge in [-0.2, -0.15) is 8.75 Å². The molecule has 0 bridgehead atoms. The van der Waals surface area contributed by atoms with Gasteiger partial charge in [0.1, 0.15) is 0 Å². The Morgan fingerprint density at radius 2 is 2.00 bits per heavy atom. The maximum atomic E-state index is 11.5. The maximum absolute atomic E-state index is 11.5. The zero-order chi connectivity index (χ0) is 11.8. The van der Waals surface area contributed by atoms with Gasteiger partial charge in [0.15, 0.2) is 10.2 Å². The van der Waals surface area contributed by atoms with Crippen molar-refractivity contribution in [3.8, 4) is 0 Å². The monoisotopic (exact) mass is 278 g/mol. The molecule has 0 fully saturated rings. The molecule has 3 nitrogen and oxygen atoms in total. The number of halogens is 1. The van der Waals surface area contributed by atoms with E-state index in [9.17, 15) is 4.79 Å². The lowest BCUT2D eigenvalue weighted by Gasteiger charge is -1.99. The second-order valence-corrected chi connectivity index (χ2v) is 5.42. The summed E-state index contributed by atoms with van der Waals surface area (Å²) in [6.07, 6.45) is 6.15. The molecule has 1 rings (SSSR count). The molecule has 0 aliphatic heterocycles. The number of hydrogen-bond acceptors (Lipinski definition) is 5. The summed E-state index contributed by atoms with van der Waals surface area (Å²) < 4.78 is 7.65. The number of thioether (sulfide) groups is 1. The lowest BCUT2D eigenvalue weighted by molar-refractivity contribution is 0.659. The predicted octanol–water partition coefficient (Wildman–Crippen LogP) is 3.61. The van der Waals surface area contributed by atoms with Gasteiger partial charge in [0, 0.05) is 0 Å². The van der Waals surface area contributed by atoms with Gasteiger partial charge in [-0.25, -0.2) is 0 Å². The summed E-state index contributed by atoms with van der Waals surface area (Å²) in [6.45, 7) is 2.20. The van der Waals surface area contributed by atoms with Gasteiger partial charge in [-0.1, -0.05) is 44.2 Å². The molecule has 0 spiro atoms. The zero-order valence-electron chi connectivity index (χ0n) is 9.24. The molecule has 90 valence electrons. The van der Waals surface area contributed by atoms with Crippen LogP contribution in [0.1, 0.15) is 39.0 Å². The van der Waals surface area contributed by atoms with E-state index in [2.05, 4.69) is 15.7 Å². The van der Waals surface area contributed by atoms with Crippen LogP contribution in [0.4, 0.5) is 0 Å². The fourth-order valence-electron chi connectivity index (χ4n) is 1.23. The molecular weight excluding hydrogens is 264 g/mol. The first-order valence-electron chi connectivity index (χ1n) is 5.41. The first-order chi connectivity index (χ1) is 7.75. The second-order valence-electron chi connectivity index (χ2n) is 3.45. The number of nitrogens with zero attached hydrogens (tertiary/aromatic N) is 2. The minimum atomic E-state index is -0.237. The van der Waals surface area contributed by atoms with Crippen molar-refractivity contribution in [2.45, 2.75) is 44.1 Å². The fourth-order valence-corrected chi connectivity index (χ4v) is 2.90. The molecule has 0 amide bonds. The number of aromatic nitrogens is 2. The van der Waals surface area contributed by atoms with Crippen LogP contribution >= 0.6 is 35.1 Å². The Balaban J connectivity index is 2.27. The van der Waals surface area contributed by atoms with Crippen molar-refractivity contribution in [1.29, 1.82) is 0 Å². The van der Waals surface area contributed by atoms with Crippen molar-refractivity contribution in [1.82, 2.24) is 8.75 Å². The Bertz CT molecular complexity index is 370. The minimum absolute atomic E-state index is 0.0356. The van der Waals surface area contributed by atoms with E-state index in [1.807, 2.05) is 0 Å². The third-order valence-corrected chi connectivity index (χ3v) is 4.16. The Labute approximate surface area is 109 Å². The topological polar surface area (TPSA) is 42.9 Å². The van der Waals surface area contributed by atoms with Gasteiger partial charge in [-0.15, -0.1) is 11.8 Å². The van der Waals surface area contributed by atoms with Crippen molar-refractivity contribution in [3.63, 3.8) is 0 Å². The van der Waals surface area contributed by atoms with Crippen molar-refractivity contribution in [2.24, 2.45) is 0 Å². The quantitative estimate of drug-likeness (QED) is 0.564. The van der Waals surface area contributed by atoms with Gasteiger partial charge >= 0.3 is 0 Å². The van der Waals surface area contributed by atoms with Gasteiger partial charge in [0.05, 0.1) is 11.7 Å². The summed E-state index contributed by atoms with van der Waals surface area (Å²) in [5.41, 5.74) is -0.237. The third-order valence-electron chi connectivity index (χ3n) is 2.11. The standard InChI is InChI=1S/C10H15ClN2OS2/c1-2-3-4-5-6-7-15-10-8(14)9(11)12-16-13-10/h2-7H2,1H3. The summed E-state index contributed by atoms with van der Waals surface area (Å²) in [5.74, 6) is 0.930. The van der Waals surface area contributed by atoms with Gasteiger partial charge in [0.2, 0.25) is 5.43 Å². The van der Waals surface area contributed by atoms with Crippen LogP contribution in [0.3, 0.4) is 0 Å². The highest BCUT2D eigenvalue weighted by Crippen LogP contribution is 2.16. The van der Waals surface area contributed by atoms with E-state index in [-0.39, 0.29) is 10.6 Å². The van der Waals surface area contributed by atoms with E-state index in [0.29, 0.717) is 5.03 Å². The molecule has 0 aliphatic rings. The Kier molecular flexibility index (Phi) is 7.00. The van der Waals surface area contributed by atoms with Crippen molar-refractivity contribution in [2.75, 3.05) is 5.75 Å². The van der Waals surface area contributed by atoms with Crippen LogP contribution in [0.25, 0.3) is 0 Å². The summed E-state index contributed by atoms with van der Waals surface area (Å²) in [7, 11) is 0. The van der Waals surface area contributed by atoms with E-state index >= 15 is 0 Å². The molecule has 6 heteroatoms. The van der Waals surface area contributed by atoms with Gasteiger partial charge in [-0.3, -0.25) is 4.79 Å². The summed E-state index contributed by atoms with van der Waals surface area (Å²) in [6, 6.07) is 0. The number of rotatable bonds is 7. The van der Waals surface area contributed by atoms with Crippen LogP contribution in [0.2, 0.25) is 5.15 Å². The summed E-state index contributed by atoms with van der Waals surface area (Å²) in [5, 5.41) is 0.522. The Morgan fingerprint density at radius 1 is 1.25 bits per heavy atom. The smallest absolute Gasteiger partial charge is 0.250 e. The average Bonchev–Trinajstić information content (AvgIpc) is 2.29. The fraction of sp³-hybridized carbons (Fsp3) is 0.700. The molecule has 16 heavy (non-hydrogen) atoms. The van der Waals surface area contributed by atoms with Gasteiger partial charge in [0.25, 0.3) is 0 Å². The average molecular weight is 279 g/mol. The first kappa shape index (κ1) is 13.9. The van der Waals surface area contributed by atoms with Crippen molar-refractivity contribution in [3.05, 3.63) is 15.4 Å². The third kappa shape index (κ3) is 4.80. The van der Waals surface area contributed by atoms with E-state index < -0.39 is 0 Å². The molecule has 0 aliphatic carbocycles. The summed E-state index contributed by atoms with van der Waals surface area (Å²) >= 11 is 8.10. The molecule has 1 heterocycles. The predicted molar refractivity (Wildman–Crippen MR) is 70.7 cm³/mol. The van der Waals surface area contributed by atoms with E-state index in [4.69, 9.17) is 11.6 Å². The van der Waals surface area contributed by atoms with Crippen molar-refractivity contribution >= 4 is 35.1 Å².